The van der Waals surface area contributed by atoms with E-state index in [0.29, 0.717) is 5.82 Å². The summed E-state index contributed by atoms with van der Waals surface area (Å²) in [4.78, 5) is 4.17. The molecule has 0 aliphatic heterocycles. The Labute approximate surface area is 106 Å². The second-order valence-electron chi connectivity index (χ2n) is 4.49. The fourth-order valence-corrected chi connectivity index (χ4v) is 2.24. The minimum atomic E-state index is 0.567. The summed E-state index contributed by atoms with van der Waals surface area (Å²) in [5.74, 6) is 0.567. The Balaban J connectivity index is 2.19. The van der Waals surface area contributed by atoms with Gasteiger partial charge < -0.3 is 5.73 Å². The SMILES string of the molecule is Cc1cc(N)ncc1-c1ccc2ccccc2c1. The van der Waals surface area contributed by atoms with Crippen LogP contribution >= 0.6 is 0 Å². The summed E-state index contributed by atoms with van der Waals surface area (Å²) in [5, 5.41) is 2.49. The van der Waals surface area contributed by atoms with E-state index in [4.69, 9.17) is 5.73 Å². The van der Waals surface area contributed by atoms with Crippen LogP contribution < -0.4 is 5.73 Å². The molecule has 2 nitrogen and oxygen atoms in total. The van der Waals surface area contributed by atoms with Gasteiger partial charge in [-0.25, -0.2) is 4.98 Å². The molecular weight excluding hydrogens is 220 g/mol. The number of hydrogen-bond donors (Lipinski definition) is 1. The molecule has 0 amide bonds. The van der Waals surface area contributed by atoms with Crippen LogP contribution in [0.4, 0.5) is 5.82 Å². The number of nitrogen functional groups attached to an aromatic ring is 1. The van der Waals surface area contributed by atoms with Gasteiger partial charge in [0.2, 0.25) is 0 Å². The maximum absolute atomic E-state index is 5.69. The predicted octanol–water partition coefficient (Wildman–Crippen LogP) is 3.79. The Morgan fingerprint density at radius 1 is 0.944 bits per heavy atom. The zero-order chi connectivity index (χ0) is 12.5. The van der Waals surface area contributed by atoms with Crippen LogP contribution in [0.1, 0.15) is 5.56 Å². The number of rotatable bonds is 1. The van der Waals surface area contributed by atoms with Crippen molar-refractivity contribution in [3.05, 3.63) is 60.3 Å². The van der Waals surface area contributed by atoms with Crippen LogP contribution in [0.3, 0.4) is 0 Å². The second kappa shape index (κ2) is 4.15. The Morgan fingerprint density at radius 2 is 1.72 bits per heavy atom. The molecule has 0 aliphatic rings. The standard InChI is InChI=1S/C16H14N2/c1-11-8-16(17)18-10-15(11)14-7-6-12-4-2-3-5-13(12)9-14/h2-10H,1H3,(H2,17,18). The van der Waals surface area contributed by atoms with E-state index < -0.39 is 0 Å². The fraction of sp³-hybridized carbons (Fsp3) is 0.0625. The van der Waals surface area contributed by atoms with Gasteiger partial charge in [-0.15, -0.1) is 0 Å². The number of anilines is 1. The summed E-state index contributed by atoms with van der Waals surface area (Å²) >= 11 is 0. The first-order valence-corrected chi connectivity index (χ1v) is 5.95. The summed E-state index contributed by atoms with van der Waals surface area (Å²) in [7, 11) is 0. The number of benzene rings is 2. The quantitative estimate of drug-likeness (QED) is 0.695. The molecule has 0 bridgehead atoms. The number of nitrogens with zero attached hydrogens (tertiary/aromatic N) is 1. The van der Waals surface area contributed by atoms with Gasteiger partial charge in [-0.2, -0.15) is 0 Å². The normalized spacial score (nSPS) is 10.7. The van der Waals surface area contributed by atoms with Gasteiger partial charge in [-0.1, -0.05) is 36.4 Å². The maximum Gasteiger partial charge on any atom is 0.123 e. The molecule has 0 radical (unpaired) electrons. The molecule has 1 heterocycles. The molecule has 0 atom stereocenters. The van der Waals surface area contributed by atoms with Gasteiger partial charge >= 0.3 is 0 Å². The summed E-state index contributed by atoms with van der Waals surface area (Å²) in [6.07, 6.45) is 1.84. The highest BCUT2D eigenvalue weighted by Crippen LogP contribution is 2.27. The van der Waals surface area contributed by atoms with Crippen molar-refractivity contribution >= 4 is 16.6 Å². The average Bonchev–Trinajstić information content (AvgIpc) is 2.38. The number of aromatic nitrogens is 1. The topological polar surface area (TPSA) is 38.9 Å². The van der Waals surface area contributed by atoms with Crippen molar-refractivity contribution in [2.45, 2.75) is 6.92 Å². The molecule has 2 N–H and O–H groups in total. The van der Waals surface area contributed by atoms with Gasteiger partial charge in [0, 0.05) is 11.8 Å². The summed E-state index contributed by atoms with van der Waals surface area (Å²) < 4.78 is 0. The number of nitrogens with two attached hydrogens (primary N) is 1. The number of pyridine rings is 1. The lowest BCUT2D eigenvalue weighted by atomic mass is 9.99. The molecule has 1 aromatic heterocycles. The molecule has 0 aliphatic carbocycles. The van der Waals surface area contributed by atoms with E-state index in [9.17, 15) is 0 Å². The predicted molar refractivity (Wildman–Crippen MR) is 76.3 cm³/mol. The van der Waals surface area contributed by atoms with Crippen LogP contribution in [0.5, 0.6) is 0 Å². The van der Waals surface area contributed by atoms with Crippen LogP contribution in [0.15, 0.2) is 54.7 Å². The van der Waals surface area contributed by atoms with Crippen molar-refractivity contribution in [1.82, 2.24) is 4.98 Å². The highest BCUT2D eigenvalue weighted by molar-refractivity contribution is 5.87. The Kier molecular flexibility index (Phi) is 2.49. The number of hydrogen-bond acceptors (Lipinski definition) is 2. The molecule has 0 saturated heterocycles. The largest absolute Gasteiger partial charge is 0.384 e. The van der Waals surface area contributed by atoms with Gasteiger partial charge in [0.05, 0.1) is 0 Å². The smallest absolute Gasteiger partial charge is 0.123 e. The van der Waals surface area contributed by atoms with Gasteiger partial charge in [-0.05, 0) is 41.0 Å². The molecular formula is C16H14N2. The Hall–Kier alpha value is -2.35. The first-order valence-electron chi connectivity index (χ1n) is 5.95. The lowest BCUT2D eigenvalue weighted by Crippen LogP contribution is -1.92. The summed E-state index contributed by atoms with van der Waals surface area (Å²) in [6.45, 7) is 2.06. The molecule has 2 heteroatoms. The van der Waals surface area contributed by atoms with Crippen LogP contribution in [-0.4, -0.2) is 4.98 Å². The minimum absolute atomic E-state index is 0.567. The molecule has 18 heavy (non-hydrogen) atoms. The number of fused-ring (bicyclic) bond motifs is 1. The van der Waals surface area contributed by atoms with Crippen LogP contribution in [-0.2, 0) is 0 Å². The van der Waals surface area contributed by atoms with Crippen molar-refractivity contribution in [3.8, 4) is 11.1 Å². The van der Waals surface area contributed by atoms with Crippen LogP contribution in [0.25, 0.3) is 21.9 Å². The maximum atomic E-state index is 5.69. The first-order chi connectivity index (χ1) is 8.74. The molecule has 3 rings (SSSR count). The lowest BCUT2D eigenvalue weighted by molar-refractivity contribution is 1.30. The third-order valence-corrected chi connectivity index (χ3v) is 3.19. The van der Waals surface area contributed by atoms with Crippen molar-refractivity contribution in [1.29, 1.82) is 0 Å². The number of aryl methyl sites for hydroxylation is 1. The van der Waals surface area contributed by atoms with E-state index in [2.05, 4.69) is 54.4 Å². The average molecular weight is 234 g/mol. The monoisotopic (exact) mass is 234 g/mol. The lowest BCUT2D eigenvalue weighted by Gasteiger charge is -2.07. The van der Waals surface area contributed by atoms with E-state index in [1.807, 2.05) is 12.3 Å². The minimum Gasteiger partial charge on any atom is -0.384 e. The Morgan fingerprint density at radius 3 is 2.50 bits per heavy atom. The zero-order valence-corrected chi connectivity index (χ0v) is 10.2. The molecule has 2 aromatic carbocycles. The molecule has 0 fully saturated rings. The highest BCUT2D eigenvalue weighted by atomic mass is 14.8. The first kappa shape index (κ1) is 10.8. The van der Waals surface area contributed by atoms with Crippen molar-refractivity contribution < 1.29 is 0 Å². The molecule has 0 spiro atoms. The Bertz CT molecular complexity index is 717. The van der Waals surface area contributed by atoms with E-state index in [0.717, 1.165) is 11.1 Å². The second-order valence-corrected chi connectivity index (χ2v) is 4.49. The van der Waals surface area contributed by atoms with Crippen molar-refractivity contribution in [3.63, 3.8) is 0 Å². The third kappa shape index (κ3) is 1.82. The summed E-state index contributed by atoms with van der Waals surface area (Å²) in [5.41, 5.74) is 9.15. The summed E-state index contributed by atoms with van der Waals surface area (Å²) in [6, 6.07) is 16.7. The van der Waals surface area contributed by atoms with Crippen molar-refractivity contribution in [2.24, 2.45) is 0 Å². The van der Waals surface area contributed by atoms with Gasteiger partial charge in [-0.3, -0.25) is 0 Å². The van der Waals surface area contributed by atoms with Gasteiger partial charge in [0.15, 0.2) is 0 Å². The molecule has 0 saturated carbocycles. The zero-order valence-electron chi connectivity index (χ0n) is 10.2. The third-order valence-electron chi connectivity index (χ3n) is 3.19. The van der Waals surface area contributed by atoms with E-state index >= 15 is 0 Å². The van der Waals surface area contributed by atoms with E-state index in [-0.39, 0.29) is 0 Å². The molecule has 88 valence electrons. The van der Waals surface area contributed by atoms with E-state index in [1.54, 1.807) is 0 Å². The van der Waals surface area contributed by atoms with Gasteiger partial charge in [0.1, 0.15) is 5.82 Å². The highest BCUT2D eigenvalue weighted by Gasteiger charge is 2.04. The van der Waals surface area contributed by atoms with E-state index in [1.165, 1.54) is 16.3 Å². The van der Waals surface area contributed by atoms with Crippen LogP contribution in [0.2, 0.25) is 0 Å². The fourth-order valence-electron chi connectivity index (χ4n) is 2.24. The van der Waals surface area contributed by atoms with Gasteiger partial charge in [0.25, 0.3) is 0 Å². The van der Waals surface area contributed by atoms with Crippen LogP contribution in [0, 0.1) is 6.92 Å². The van der Waals surface area contributed by atoms with Crippen molar-refractivity contribution in [2.75, 3.05) is 5.73 Å². The molecule has 0 unspecified atom stereocenters. The molecule has 3 aromatic rings.